The molecule has 3 nitrogen and oxygen atoms in total. The van der Waals surface area contributed by atoms with Gasteiger partial charge in [-0.15, -0.1) is 0 Å². The lowest BCUT2D eigenvalue weighted by atomic mass is 9.51. The molecule has 0 heterocycles. The number of aliphatic hydroxyl groups is 3. The highest BCUT2D eigenvalue weighted by Gasteiger charge is 2.58. The van der Waals surface area contributed by atoms with Crippen molar-refractivity contribution in [2.24, 2.45) is 11.3 Å². The van der Waals surface area contributed by atoms with Crippen LogP contribution < -0.4 is 0 Å². The van der Waals surface area contributed by atoms with Gasteiger partial charge in [0.25, 0.3) is 0 Å². The van der Waals surface area contributed by atoms with Crippen molar-refractivity contribution in [2.75, 3.05) is 0 Å². The molecule has 2 aliphatic rings. The molecule has 0 radical (unpaired) electrons. The first-order valence-corrected chi connectivity index (χ1v) is 6.91. The Balaban J connectivity index is 2.36. The van der Waals surface area contributed by atoms with Crippen molar-refractivity contribution in [1.29, 1.82) is 0 Å². The summed E-state index contributed by atoms with van der Waals surface area (Å²) in [6.07, 6.45) is 3.18. The number of aliphatic hydroxyl groups excluding tert-OH is 1. The molecule has 0 spiro atoms. The molecule has 0 aromatic carbocycles. The van der Waals surface area contributed by atoms with Gasteiger partial charge in [0.1, 0.15) is 0 Å². The van der Waals surface area contributed by atoms with Crippen molar-refractivity contribution in [1.82, 2.24) is 0 Å². The first kappa shape index (κ1) is 14.0. The zero-order valence-corrected chi connectivity index (χ0v) is 11.7. The van der Waals surface area contributed by atoms with Gasteiger partial charge in [0.15, 0.2) is 0 Å². The molecule has 0 aliphatic heterocycles. The summed E-state index contributed by atoms with van der Waals surface area (Å²) in [5, 5.41) is 31.5. The highest BCUT2D eigenvalue weighted by Crippen LogP contribution is 2.57. The van der Waals surface area contributed by atoms with Crippen molar-refractivity contribution in [3.8, 4) is 0 Å². The molecule has 3 N–H and O–H groups in total. The summed E-state index contributed by atoms with van der Waals surface area (Å²) in [4.78, 5) is 0. The minimum Gasteiger partial charge on any atom is -0.393 e. The van der Waals surface area contributed by atoms with Gasteiger partial charge >= 0.3 is 0 Å². The van der Waals surface area contributed by atoms with Crippen LogP contribution in [0.15, 0.2) is 12.2 Å². The van der Waals surface area contributed by atoms with E-state index in [9.17, 15) is 15.3 Å². The van der Waals surface area contributed by atoms with Gasteiger partial charge in [-0.3, -0.25) is 0 Å². The maximum Gasteiger partial charge on any atom is 0.0913 e. The first-order valence-electron chi connectivity index (χ1n) is 6.91. The van der Waals surface area contributed by atoms with Gasteiger partial charge in [-0.05, 0) is 51.5 Å². The van der Waals surface area contributed by atoms with Crippen molar-refractivity contribution < 1.29 is 15.3 Å². The summed E-state index contributed by atoms with van der Waals surface area (Å²) >= 11 is 0. The van der Waals surface area contributed by atoms with Crippen LogP contribution in [0.4, 0.5) is 0 Å². The van der Waals surface area contributed by atoms with E-state index in [1.807, 2.05) is 6.92 Å². The predicted octanol–water partition coefficient (Wildman–Crippen LogP) is 2.01. The molecule has 0 unspecified atom stereocenters. The minimum atomic E-state index is -0.978. The highest BCUT2D eigenvalue weighted by molar-refractivity contribution is 5.25. The fraction of sp³-hybridized carbons (Fsp3) is 0.867. The van der Waals surface area contributed by atoms with Crippen LogP contribution in [0.3, 0.4) is 0 Å². The minimum absolute atomic E-state index is 0.301. The van der Waals surface area contributed by atoms with Crippen LogP contribution in [0.25, 0.3) is 0 Å². The van der Waals surface area contributed by atoms with E-state index < -0.39 is 17.3 Å². The zero-order chi connectivity index (χ0) is 13.8. The molecule has 0 bridgehead atoms. The smallest absolute Gasteiger partial charge is 0.0913 e. The zero-order valence-electron chi connectivity index (χ0n) is 11.7. The van der Waals surface area contributed by atoms with Gasteiger partial charge in [0.2, 0.25) is 0 Å². The van der Waals surface area contributed by atoms with E-state index in [0.29, 0.717) is 12.8 Å². The molecule has 2 aliphatic carbocycles. The van der Waals surface area contributed by atoms with E-state index in [-0.39, 0.29) is 11.3 Å². The Morgan fingerprint density at radius 1 is 1.33 bits per heavy atom. The normalized spacial score (nSPS) is 45.8. The molecule has 2 saturated carbocycles. The lowest BCUT2D eigenvalue weighted by molar-refractivity contribution is -0.181. The molecule has 0 amide bonds. The molecule has 4 atom stereocenters. The molecule has 18 heavy (non-hydrogen) atoms. The van der Waals surface area contributed by atoms with Crippen LogP contribution in [-0.2, 0) is 0 Å². The van der Waals surface area contributed by atoms with Crippen molar-refractivity contribution >= 4 is 0 Å². The van der Waals surface area contributed by atoms with Crippen LogP contribution in [-0.4, -0.2) is 32.6 Å². The Kier molecular flexibility index (Phi) is 3.16. The van der Waals surface area contributed by atoms with Crippen LogP contribution >= 0.6 is 0 Å². The molecule has 3 heteroatoms. The second-order valence-corrected chi connectivity index (χ2v) is 7.11. The third-order valence-corrected chi connectivity index (χ3v) is 5.34. The standard InChI is InChI=1S/C15H26O3/c1-10-6-5-7-14(4)9-12(16)11(13(2,3)17)8-15(10,14)18/h11-12,16-18H,1,5-9H2,2-4H3/t11-,12-,14+,15+/m1/s1. The van der Waals surface area contributed by atoms with Gasteiger partial charge in [-0.2, -0.15) is 0 Å². The fourth-order valence-corrected chi connectivity index (χ4v) is 3.97. The van der Waals surface area contributed by atoms with Crippen LogP contribution in [0, 0.1) is 11.3 Å². The van der Waals surface area contributed by atoms with Crippen LogP contribution in [0.1, 0.15) is 52.9 Å². The van der Waals surface area contributed by atoms with Crippen molar-refractivity contribution in [3.05, 3.63) is 12.2 Å². The summed E-state index contributed by atoms with van der Waals surface area (Å²) in [6, 6.07) is 0. The monoisotopic (exact) mass is 254 g/mol. The average Bonchev–Trinajstić information content (AvgIpc) is 2.20. The Morgan fingerprint density at radius 2 is 1.94 bits per heavy atom. The quantitative estimate of drug-likeness (QED) is 0.627. The maximum absolute atomic E-state index is 11.0. The lowest BCUT2D eigenvalue weighted by Crippen LogP contribution is -2.61. The third-order valence-electron chi connectivity index (χ3n) is 5.34. The molecule has 2 rings (SSSR count). The summed E-state index contributed by atoms with van der Waals surface area (Å²) in [7, 11) is 0. The van der Waals surface area contributed by atoms with E-state index in [1.54, 1.807) is 13.8 Å². The second-order valence-electron chi connectivity index (χ2n) is 7.11. The molecule has 0 aromatic rings. The summed E-state index contributed by atoms with van der Waals surface area (Å²) in [5.74, 6) is -0.301. The second kappa shape index (κ2) is 4.06. The average molecular weight is 254 g/mol. The largest absolute Gasteiger partial charge is 0.393 e. The molecule has 0 aromatic heterocycles. The highest BCUT2D eigenvalue weighted by atomic mass is 16.3. The summed E-state index contributed by atoms with van der Waals surface area (Å²) < 4.78 is 0. The molecule has 104 valence electrons. The Morgan fingerprint density at radius 3 is 2.50 bits per heavy atom. The first-order chi connectivity index (χ1) is 8.10. The Hall–Kier alpha value is -0.380. The van der Waals surface area contributed by atoms with Crippen molar-refractivity contribution in [3.63, 3.8) is 0 Å². The van der Waals surface area contributed by atoms with Gasteiger partial charge in [-0.1, -0.05) is 13.5 Å². The fourth-order valence-electron chi connectivity index (χ4n) is 3.97. The molecule has 2 fully saturated rings. The Labute approximate surface area is 110 Å². The SMILES string of the molecule is C=C1CCC[C@@]2(C)C[C@@H](O)[C@H](C(C)(C)O)C[C@]12O. The molecule has 0 saturated heterocycles. The molecular formula is C15H26O3. The number of hydrogen-bond donors (Lipinski definition) is 3. The van der Waals surface area contributed by atoms with Crippen LogP contribution in [0.2, 0.25) is 0 Å². The lowest BCUT2D eigenvalue weighted by Gasteiger charge is -2.57. The van der Waals surface area contributed by atoms with Gasteiger partial charge in [-0.25, -0.2) is 0 Å². The van der Waals surface area contributed by atoms with Gasteiger partial charge in [0, 0.05) is 11.3 Å². The summed E-state index contributed by atoms with van der Waals surface area (Å²) in [5.41, 5.74) is -1.34. The van der Waals surface area contributed by atoms with E-state index in [2.05, 4.69) is 6.58 Å². The molecular weight excluding hydrogens is 228 g/mol. The van der Waals surface area contributed by atoms with Crippen molar-refractivity contribution in [2.45, 2.75) is 70.2 Å². The summed E-state index contributed by atoms with van der Waals surface area (Å²) in [6.45, 7) is 9.50. The van der Waals surface area contributed by atoms with Gasteiger partial charge in [0.05, 0.1) is 17.3 Å². The van der Waals surface area contributed by atoms with E-state index in [0.717, 1.165) is 24.8 Å². The third kappa shape index (κ3) is 1.93. The number of hydrogen-bond acceptors (Lipinski definition) is 3. The Bertz CT molecular complexity index is 357. The van der Waals surface area contributed by atoms with E-state index in [1.165, 1.54) is 0 Å². The van der Waals surface area contributed by atoms with Gasteiger partial charge < -0.3 is 15.3 Å². The topological polar surface area (TPSA) is 60.7 Å². The maximum atomic E-state index is 11.0. The predicted molar refractivity (Wildman–Crippen MR) is 71.1 cm³/mol. The number of rotatable bonds is 1. The number of fused-ring (bicyclic) bond motifs is 1. The van der Waals surface area contributed by atoms with E-state index in [4.69, 9.17) is 0 Å². The van der Waals surface area contributed by atoms with E-state index >= 15 is 0 Å². The van der Waals surface area contributed by atoms with Crippen LogP contribution in [0.5, 0.6) is 0 Å².